The summed E-state index contributed by atoms with van der Waals surface area (Å²) in [5.74, 6) is -0.337. The molecule has 2 aromatic rings. The Morgan fingerprint density at radius 3 is 2.60 bits per heavy atom. The lowest BCUT2D eigenvalue weighted by Crippen LogP contribution is -2.36. The quantitative estimate of drug-likeness (QED) is 0.538. The molecule has 1 aromatic carbocycles. The molecule has 0 spiro atoms. The fraction of sp³-hybridized carbons (Fsp3) is 0.500. The van der Waals surface area contributed by atoms with Crippen LogP contribution in [-0.2, 0) is 10.9 Å². The Balaban J connectivity index is 1.43. The second-order valence-corrected chi connectivity index (χ2v) is 8.46. The zero-order valence-electron chi connectivity index (χ0n) is 19.6. The molecular weight excluding hydrogens is 461 g/mol. The Hall–Kier alpha value is -3.21. The number of hydrogen-bond acceptors (Lipinski definition) is 8. The summed E-state index contributed by atoms with van der Waals surface area (Å²) in [7, 11) is 0. The number of ether oxygens (including phenoxy) is 2. The molecule has 188 valence electrons. The summed E-state index contributed by atoms with van der Waals surface area (Å²) in [6.45, 7) is 8.45. The minimum Gasteiger partial charge on any atom is -0.488 e. The van der Waals surface area contributed by atoms with Gasteiger partial charge in [-0.2, -0.15) is 13.2 Å². The van der Waals surface area contributed by atoms with Crippen LogP contribution in [0.2, 0.25) is 0 Å². The average Bonchev–Trinajstić information content (AvgIpc) is 2.85. The molecule has 0 atom stereocenters. The lowest BCUT2D eigenvalue weighted by atomic mass is 9.93. The Bertz CT molecular complexity index is 1050. The number of aliphatic imine (C=N–C) groups is 2. The Morgan fingerprint density at radius 2 is 1.94 bits per heavy atom. The highest BCUT2D eigenvalue weighted by molar-refractivity contribution is 5.80. The number of halogens is 3. The van der Waals surface area contributed by atoms with Gasteiger partial charge in [0.25, 0.3) is 0 Å². The molecule has 11 heteroatoms. The lowest BCUT2D eigenvalue weighted by molar-refractivity contribution is -0.144. The van der Waals surface area contributed by atoms with Crippen LogP contribution in [0.3, 0.4) is 0 Å². The van der Waals surface area contributed by atoms with E-state index in [0.29, 0.717) is 30.3 Å². The molecule has 0 radical (unpaired) electrons. The average molecular weight is 491 g/mol. The summed E-state index contributed by atoms with van der Waals surface area (Å²) < 4.78 is 50.5. The van der Waals surface area contributed by atoms with E-state index in [0.717, 1.165) is 50.7 Å². The third-order valence-corrected chi connectivity index (χ3v) is 6.07. The molecule has 4 rings (SSSR count). The van der Waals surface area contributed by atoms with Gasteiger partial charge >= 0.3 is 6.18 Å². The third kappa shape index (κ3) is 6.27. The predicted octanol–water partition coefficient (Wildman–Crippen LogP) is 5.19. The molecule has 1 aliphatic carbocycles. The highest BCUT2D eigenvalue weighted by Gasteiger charge is 2.35. The van der Waals surface area contributed by atoms with Crippen molar-refractivity contribution in [1.82, 2.24) is 9.97 Å². The van der Waals surface area contributed by atoms with Crippen molar-refractivity contribution >= 4 is 35.8 Å². The maximum absolute atomic E-state index is 12.9. The Labute approximate surface area is 202 Å². The van der Waals surface area contributed by atoms with Gasteiger partial charge < -0.3 is 19.7 Å². The van der Waals surface area contributed by atoms with Crippen molar-refractivity contribution in [3.8, 4) is 5.75 Å². The number of nitrogens with one attached hydrogen (secondary N) is 1. The number of morpholine rings is 1. The summed E-state index contributed by atoms with van der Waals surface area (Å²) in [6.07, 6.45) is 1.14. The minimum atomic E-state index is -4.57. The van der Waals surface area contributed by atoms with Crippen LogP contribution in [0.4, 0.5) is 36.1 Å². The number of rotatable bonds is 7. The smallest absolute Gasteiger partial charge is 0.451 e. The molecule has 1 aliphatic heterocycles. The van der Waals surface area contributed by atoms with Crippen LogP contribution >= 0.6 is 0 Å². The van der Waals surface area contributed by atoms with Crippen molar-refractivity contribution < 1.29 is 22.6 Å². The van der Waals surface area contributed by atoms with Gasteiger partial charge in [-0.05, 0) is 51.5 Å². The van der Waals surface area contributed by atoms with Crippen LogP contribution in [0.1, 0.15) is 38.4 Å². The van der Waals surface area contributed by atoms with Gasteiger partial charge in [-0.15, -0.1) is 0 Å². The summed E-state index contributed by atoms with van der Waals surface area (Å²) in [4.78, 5) is 17.8. The number of hydrogen-bond donors (Lipinski definition) is 1. The first-order valence-corrected chi connectivity index (χ1v) is 11.7. The molecule has 0 unspecified atom stereocenters. The minimum absolute atomic E-state index is 0.00256. The Kier molecular flexibility index (Phi) is 7.84. The zero-order valence-corrected chi connectivity index (χ0v) is 19.6. The monoisotopic (exact) mass is 490 g/mol. The van der Waals surface area contributed by atoms with E-state index in [4.69, 9.17) is 9.47 Å². The highest BCUT2D eigenvalue weighted by Crippen LogP contribution is 2.43. The van der Waals surface area contributed by atoms with Crippen molar-refractivity contribution in [3.63, 3.8) is 0 Å². The number of anilines is 2. The van der Waals surface area contributed by atoms with Crippen LogP contribution in [0.25, 0.3) is 0 Å². The van der Waals surface area contributed by atoms with Gasteiger partial charge in [-0.3, -0.25) is 9.98 Å². The highest BCUT2D eigenvalue weighted by atomic mass is 19.4. The second kappa shape index (κ2) is 11.0. The van der Waals surface area contributed by atoms with Crippen molar-refractivity contribution in [2.24, 2.45) is 9.98 Å². The van der Waals surface area contributed by atoms with E-state index in [9.17, 15) is 13.2 Å². The molecule has 1 saturated carbocycles. The van der Waals surface area contributed by atoms with Crippen molar-refractivity contribution in [2.75, 3.05) is 36.5 Å². The normalized spacial score (nSPS) is 21.2. The lowest BCUT2D eigenvalue weighted by Gasteiger charge is -2.32. The Morgan fingerprint density at radius 1 is 1.20 bits per heavy atom. The number of aromatic nitrogens is 2. The van der Waals surface area contributed by atoms with E-state index >= 15 is 0 Å². The first-order chi connectivity index (χ1) is 16.9. The summed E-state index contributed by atoms with van der Waals surface area (Å²) in [6, 6.07) is 5.42. The van der Waals surface area contributed by atoms with Gasteiger partial charge in [-0.25, -0.2) is 9.97 Å². The van der Waals surface area contributed by atoms with Gasteiger partial charge in [0.15, 0.2) is 0 Å². The van der Waals surface area contributed by atoms with Crippen LogP contribution in [0, 0.1) is 0 Å². The fourth-order valence-corrected chi connectivity index (χ4v) is 4.36. The molecule has 2 fully saturated rings. The number of alkyl halides is 3. The van der Waals surface area contributed by atoms with E-state index < -0.39 is 12.0 Å². The fourth-order valence-electron chi connectivity index (χ4n) is 4.36. The molecule has 0 amide bonds. The SMILES string of the molecule is C=Nc1c(N=CC)cc(N2CCOCC2)cc1OC1CCC(Nc2ccnc(C(F)(F)F)n2)CC1. The molecule has 8 nitrogen and oxygen atoms in total. The van der Waals surface area contributed by atoms with Crippen LogP contribution < -0.4 is 15.0 Å². The number of benzene rings is 1. The molecule has 0 bridgehead atoms. The largest absolute Gasteiger partial charge is 0.488 e. The predicted molar refractivity (Wildman–Crippen MR) is 130 cm³/mol. The van der Waals surface area contributed by atoms with E-state index in [1.54, 1.807) is 6.21 Å². The number of nitrogens with zero attached hydrogens (tertiary/aromatic N) is 5. The summed E-state index contributed by atoms with van der Waals surface area (Å²) in [5, 5.41) is 3.11. The van der Waals surface area contributed by atoms with Gasteiger partial charge in [0.05, 0.1) is 25.0 Å². The van der Waals surface area contributed by atoms with Gasteiger partial charge in [0, 0.05) is 43.3 Å². The maximum atomic E-state index is 12.9. The van der Waals surface area contributed by atoms with Crippen molar-refractivity contribution in [3.05, 3.63) is 30.2 Å². The van der Waals surface area contributed by atoms with Crippen LogP contribution in [0.5, 0.6) is 5.75 Å². The van der Waals surface area contributed by atoms with E-state index in [1.807, 2.05) is 19.1 Å². The third-order valence-electron chi connectivity index (χ3n) is 6.07. The molecule has 1 aromatic heterocycles. The van der Waals surface area contributed by atoms with Crippen molar-refractivity contribution in [2.45, 2.75) is 50.9 Å². The molecular formula is C24H29F3N6O2. The molecule has 2 heterocycles. The van der Waals surface area contributed by atoms with Gasteiger partial charge in [-0.1, -0.05) is 0 Å². The standard InChI is InChI=1S/C24H29F3N6O2/c1-3-29-19-14-17(33-10-12-34-13-11-33)15-20(22(19)28-2)35-18-6-4-16(5-7-18)31-21-8-9-30-23(32-21)24(25,26)27/h3,8-9,14-16,18H,2,4-7,10-13H2,1H3,(H,30,31,32). The maximum Gasteiger partial charge on any atom is 0.451 e. The molecule has 35 heavy (non-hydrogen) atoms. The first kappa shape index (κ1) is 24.9. The molecule has 1 N–H and O–H groups in total. The molecule has 1 saturated heterocycles. The van der Waals surface area contributed by atoms with Crippen LogP contribution in [-0.4, -0.2) is 61.3 Å². The molecule has 2 aliphatic rings. The second-order valence-electron chi connectivity index (χ2n) is 8.46. The first-order valence-electron chi connectivity index (χ1n) is 11.7. The van der Waals surface area contributed by atoms with Gasteiger partial charge in [0.2, 0.25) is 5.82 Å². The summed E-state index contributed by atoms with van der Waals surface area (Å²) in [5.41, 5.74) is 2.29. The van der Waals surface area contributed by atoms with Crippen LogP contribution in [0.15, 0.2) is 34.4 Å². The topological polar surface area (TPSA) is 84.2 Å². The van der Waals surface area contributed by atoms with E-state index in [2.05, 4.69) is 36.9 Å². The van der Waals surface area contributed by atoms with E-state index in [1.165, 1.54) is 6.07 Å². The van der Waals surface area contributed by atoms with Crippen molar-refractivity contribution in [1.29, 1.82) is 0 Å². The zero-order chi connectivity index (χ0) is 24.8. The van der Waals surface area contributed by atoms with Gasteiger partial charge in [0.1, 0.15) is 17.3 Å². The summed E-state index contributed by atoms with van der Waals surface area (Å²) >= 11 is 0. The van der Waals surface area contributed by atoms with E-state index in [-0.39, 0.29) is 18.0 Å².